The number of nitrogens with zero attached hydrogens (tertiary/aromatic N) is 3. The van der Waals surface area contributed by atoms with Crippen molar-refractivity contribution in [3.05, 3.63) is 62.4 Å². The van der Waals surface area contributed by atoms with Gasteiger partial charge in [0.15, 0.2) is 5.78 Å². The van der Waals surface area contributed by atoms with Crippen molar-refractivity contribution in [2.75, 3.05) is 14.2 Å². The fourth-order valence-electron chi connectivity index (χ4n) is 7.37. The highest BCUT2D eigenvalue weighted by Crippen LogP contribution is 2.61. The third-order valence-electron chi connectivity index (χ3n) is 9.15. The van der Waals surface area contributed by atoms with Crippen molar-refractivity contribution in [2.24, 2.45) is 23.2 Å². The Morgan fingerprint density at radius 3 is 2.11 bits per heavy atom. The van der Waals surface area contributed by atoms with Crippen LogP contribution in [-0.4, -0.2) is 45.9 Å². The van der Waals surface area contributed by atoms with Gasteiger partial charge in [-0.2, -0.15) is 0 Å². The van der Waals surface area contributed by atoms with Crippen molar-refractivity contribution >= 4 is 17.7 Å². The third-order valence-corrected chi connectivity index (χ3v) is 9.15. The summed E-state index contributed by atoms with van der Waals surface area (Å²) in [4.78, 5) is 68.3. The molecule has 10 heteroatoms. The maximum Gasteiger partial charge on any atom is 0.352 e. The van der Waals surface area contributed by atoms with Gasteiger partial charge >= 0.3 is 23.3 Å². The minimum absolute atomic E-state index is 0.0940. The lowest BCUT2D eigenvalue weighted by Crippen LogP contribution is -2.41. The van der Waals surface area contributed by atoms with Crippen molar-refractivity contribution in [3.63, 3.8) is 0 Å². The molecule has 0 saturated heterocycles. The number of Topliss-reactive ketones (excluding diaryl/α,β-unsaturated/α-hetero) is 1. The molecular weight excluding hydrogens is 490 g/mol. The molecule has 10 nitrogen and oxygen atoms in total. The van der Waals surface area contributed by atoms with Crippen molar-refractivity contribution in [1.29, 1.82) is 0 Å². The second-order valence-corrected chi connectivity index (χ2v) is 10.5. The number of benzene rings is 1. The average molecular weight is 524 g/mol. The first kappa shape index (κ1) is 25.9. The smallest absolute Gasteiger partial charge is 0.352 e. The molecule has 0 unspecified atom stereocenters. The maximum atomic E-state index is 14.3. The summed E-state index contributed by atoms with van der Waals surface area (Å²) in [6.07, 6.45) is 1.18. The van der Waals surface area contributed by atoms with E-state index in [-0.39, 0.29) is 18.6 Å². The highest BCUT2D eigenvalue weighted by atomic mass is 16.5. The lowest BCUT2D eigenvalue weighted by molar-refractivity contribution is -0.152. The number of allylic oxidation sites excluding steroid dienone is 2. The van der Waals surface area contributed by atoms with E-state index in [1.165, 1.54) is 23.6 Å². The lowest BCUT2D eigenvalue weighted by Gasteiger charge is -2.38. The Bertz CT molecular complexity index is 1460. The van der Waals surface area contributed by atoms with Crippen LogP contribution in [0.1, 0.15) is 58.5 Å². The van der Waals surface area contributed by atoms with E-state index in [9.17, 15) is 24.0 Å². The van der Waals surface area contributed by atoms with E-state index in [4.69, 9.17) is 9.47 Å². The molecule has 1 saturated carbocycles. The van der Waals surface area contributed by atoms with Crippen LogP contribution in [0.5, 0.6) is 0 Å². The molecule has 0 radical (unpaired) electrons. The fourth-order valence-corrected chi connectivity index (χ4v) is 7.37. The number of hydrogen-bond acceptors (Lipinski definition) is 7. The summed E-state index contributed by atoms with van der Waals surface area (Å²) >= 11 is 0. The van der Waals surface area contributed by atoms with Crippen LogP contribution < -0.4 is 11.4 Å². The Morgan fingerprint density at radius 2 is 1.53 bits per heavy atom. The molecule has 38 heavy (non-hydrogen) atoms. The molecule has 5 atom stereocenters. The molecule has 1 aromatic heterocycles. The quantitative estimate of drug-likeness (QED) is 0.553. The number of rotatable bonds is 5. The van der Waals surface area contributed by atoms with Crippen LogP contribution in [-0.2, 0) is 23.9 Å². The van der Waals surface area contributed by atoms with Crippen LogP contribution in [0.15, 0.2) is 51.1 Å². The number of hydrogen-bond donors (Lipinski definition) is 0. The number of carbonyl (C=O) groups is 3. The molecule has 202 valence electrons. The zero-order chi connectivity index (χ0) is 27.5. The standard InChI is InChI=1S/C28H33N3O7/c1-6-28(7-2)22-18(25(34)38-5)13-16(24(33)37-4)14-19-21(22)20(23(28)32)15(3)30-26(35)29(27(36)31(19)30)17-11-9-8-10-12-17/h8-12,15-16,18-19,22H,6-7,13-14H2,1-5H3/t15-,16-,18+,19+,22+/m1/s1. The number of methoxy groups -OCH3 is 2. The largest absolute Gasteiger partial charge is 0.469 e. The van der Waals surface area contributed by atoms with Crippen LogP contribution in [0.2, 0.25) is 0 Å². The maximum absolute atomic E-state index is 14.3. The second kappa shape index (κ2) is 9.25. The van der Waals surface area contributed by atoms with Gasteiger partial charge in [-0.1, -0.05) is 32.0 Å². The van der Waals surface area contributed by atoms with Gasteiger partial charge in [0.05, 0.1) is 43.8 Å². The number of ketones is 1. The lowest BCUT2D eigenvalue weighted by atomic mass is 9.64. The van der Waals surface area contributed by atoms with Gasteiger partial charge in [-0.05, 0) is 50.3 Å². The van der Waals surface area contributed by atoms with E-state index < -0.39 is 58.6 Å². The number of aromatic nitrogens is 3. The van der Waals surface area contributed by atoms with Crippen molar-refractivity contribution in [3.8, 4) is 5.69 Å². The molecule has 3 aliphatic rings. The first-order valence-corrected chi connectivity index (χ1v) is 13.1. The van der Waals surface area contributed by atoms with E-state index in [0.29, 0.717) is 29.7 Å². The van der Waals surface area contributed by atoms with Gasteiger partial charge in [0, 0.05) is 16.9 Å². The molecule has 5 rings (SSSR count). The molecular formula is C28H33N3O7. The van der Waals surface area contributed by atoms with Crippen molar-refractivity contribution < 1.29 is 23.9 Å². The van der Waals surface area contributed by atoms with Gasteiger partial charge in [-0.25, -0.2) is 23.5 Å². The van der Waals surface area contributed by atoms with Gasteiger partial charge in [-0.15, -0.1) is 0 Å². The second-order valence-electron chi connectivity index (χ2n) is 10.5. The molecule has 2 heterocycles. The van der Waals surface area contributed by atoms with Crippen molar-refractivity contribution in [2.45, 2.75) is 58.5 Å². The Morgan fingerprint density at radius 1 is 0.921 bits per heavy atom. The van der Waals surface area contributed by atoms with Crippen LogP contribution in [0.3, 0.4) is 0 Å². The van der Waals surface area contributed by atoms with E-state index >= 15 is 0 Å². The molecule has 0 N–H and O–H groups in total. The van der Waals surface area contributed by atoms with Gasteiger partial charge < -0.3 is 9.47 Å². The SMILES string of the molecule is CCC1(CC)C(=O)C2=C3[C@@H]1[C@@H](C(=O)OC)C[C@@H](C(=O)OC)C[C@@H]3n1c(=O)n(-c3ccccc3)c(=O)n1[C@@H]2C. The normalized spacial score (nSPS) is 27.4. The number of esters is 2. The Labute approximate surface area is 219 Å². The minimum Gasteiger partial charge on any atom is -0.469 e. The topological polar surface area (TPSA) is 119 Å². The van der Waals surface area contributed by atoms with Crippen LogP contribution in [0.4, 0.5) is 0 Å². The summed E-state index contributed by atoms with van der Waals surface area (Å²) in [5.74, 6) is -3.17. The zero-order valence-electron chi connectivity index (χ0n) is 22.3. The average Bonchev–Trinajstić information content (AvgIpc) is 3.26. The molecule has 0 spiro atoms. The summed E-state index contributed by atoms with van der Waals surface area (Å²) in [5.41, 5.74) is -0.461. The summed E-state index contributed by atoms with van der Waals surface area (Å²) < 4.78 is 14.1. The Balaban J connectivity index is 1.84. The molecule has 2 aliphatic carbocycles. The van der Waals surface area contributed by atoms with Crippen molar-refractivity contribution in [1.82, 2.24) is 13.9 Å². The molecule has 2 aromatic rings. The van der Waals surface area contributed by atoms with E-state index in [2.05, 4.69) is 0 Å². The van der Waals surface area contributed by atoms with E-state index in [1.807, 2.05) is 13.8 Å². The monoisotopic (exact) mass is 523 g/mol. The summed E-state index contributed by atoms with van der Waals surface area (Å²) in [5, 5.41) is 0. The summed E-state index contributed by atoms with van der Waals surface area (Å²) in [7, 11) is 2.59. The van der Waals surface area contributed by atoms with E-state index in [0.717, 1.165) is 4.57 Å². The fraction of sp³-hybridized carbons (Fsp3) is 0.536. The Hall–Kier alpha value is -3.69. The molecule has 1 fully saturated rings. The van der Waals surface area contributed by atoms with Gasteiger partial charge in [0.2, 0.25) is 0 Å². The summed E-state index contributed by atoms with van der Waals surface area (Å²) in [6, 6.07) is 7.12. The Kier molecular flexibility index (Phi) is 6.31. The van der Waals surface area contributed by atoms with Crippen LogP contribution >= 0.6 is 0 Å². The van der Waals surface area contributed by atoms with E-state index in [1.54, 1.807) is 37.3 Å². The highest BCUT2D eigenvalue weighted by Gasteiger charge is 2.62. The first-order chi connectivity index (χ1) is 18.2. The predicted molar refractivity (Wildman–Crippen MR) is 137 cm³/mol. The van der Waals surface area contributed by atoms with Crippen LogP contribution in [0, 0.1) is 23.2 Å². The van der Waals surface area contributed by atoms with Gasteiger partial charge in [0.1, 0.15) is 0 Å². The molecule has 1 aromatic carbocycles. The van der Waals surface area contributed by atoms with Gasteiger partial charge in [-0.3, -0.25) is 14.4 Å². The number of para-hydroxylation sites is 1. The zero-order valence-corrected chi connectivity index (χ0v) is 22.3. The summed E-state index contributed by atoms with van der Waals surface area (Å²) in [6.45, 7) is 5.59. The third kappa shape index (κ3) is 3.28. The molecule has 1 aliphatic heterocycles. The number of fused-ring (bicyclic) bond motifs is 2. The highest BCUT2D eigenvalue weighted by molar-refractivity contribution is 6.05. The molecule has 0 amide bonds. The number of carbonyl (C=O) groups excluding carboxylic acids is 3. The van der Waals surface area contributed by atoms with Crippen LogP contribution in [0.25, 0.3) is 5.69 Å². The first-order valence-electron chi connectivity index (χ1n) is 13.1. The minimum atomic E-state index is -0.910. The molecule has 0 bridgehead atoms. The number of ether oxygens (including phenoxy) is 2. The van der Waals surface area contributed by atoms with Gasteiger partial charge in [0.25, 0.3) is 0 Å². The predicted octanol–water partition coefficient (Wildman–Crippen LogP) is 2.59.